The Hall–Kier alpha value is -1.95. The summed E-state index contributed by atoms with van der Waals surface area (Å²) in [6, 6.07) is 4.04. The minimum absolute atomic E-state index is 0.0515. The van der Waals surface area contributed by atoms with Gasteiger partial charge in [-0.2, -0.15) is 5.10 Å². The number of rotatable bonds is 3. The fourth-order valence-electron chi connectivity index (χ4n) is 1.69. The van der Waals surface area contributed by atoms with Crippen molar-refractivity contribution >= 4 is 29.2 Å². The summed E-state index contributed by atoms with van der Waals surface area (Å²) in [6.45, 7) is 0.0651. The molecule has 100 valence electrons. The minimum atomic E-state index is -1.14. The third-order valence-electron chi connectivity index (χ3n) is 2.67. The van der Waals surface area contributed by atoms with Crippen LogP contribution in [-0.4, -0.2) is 27.7 Å². The van der Waals surface area contributed by atoms with Gasteiger partial charge >= 0.3 is 5.97 Å². The Kier molecular flexibility index (Phi) is 3.80. The summed E-state index contributed by atoms with van der Waals surface area (Å²) in [5, 5.41) is 13.6. The summed E-state index contributed by atoms with van der Waals surface area (Å²) in [5.74, 6) is -1.97. The van der Waals surface area contributed by atoms with Crippen molar-refractivity contribution in [3.05, 3.63) is 34.6 Å². The predicted octanol–water partition coefficient (Wildman–Crippen LogP) is 2.04. The number of nitrogens with zero attached hydrogens (tertiary/aromatic N) is 2. The molecular weight excluding hydrogens is 275 g/mol. The Labute approximate surface area is 113 Å². The monoisotopic (exact) mass is 284 g/mol. The molecule has 1 aromatic rings. The lowest BCUT2D eigenvalue weighted by atomic mass is 10.1. The molecule has 1 amide bonds. The molecule has 0 aliphatic carbocycles. The van der Waals surface area contributed by atoms with Gasteiger partial charge in [0.2, 0.25) is 5.91 Å². The Morgan fingerprint density at radius 1 is 1.47 bits per heavy atom. The first-order valence-corrected chi connectivity index (χ1v) is 5.90. The zero-order valence-corrected chi connectivity index (χ0v) is 10.5. The summed E-state index contributed by atoms with van der Waals surface area (Å²) in [6.07, 6.45) is 0.217. The fraction of sp³-hybridized carbons (Fsp3) is 0.250. The summed E-state index contributed by atoms with van der Waals surface area (Å²) in [5.41, 5.74) is 0.517. The number of amides is 1. The van der Waals surface area contributed by atoms with E-state index in [-0.39, 0.29) is 36.0 Å². The highest BCUT2D eigenvalue weighted by Gasteiger charge is 2.24. The number of carboxylic acid groups (broad SMARTS) is 1. The van der Waals surface area contributed by atoms with E-state index in [1.165, 1.54) is 18.2 Å². The van der Waals surface area contributed by atoms with Gasteiger partial charge in [-0.15, -0.1) is 0 Å². The van der Waals surface area contributed by atoms with Crippen LogP contribution in [0.5, 0.6) is 0 Å². The number of benzene rings is 1. The Bertz CT molecular complexity index is 574. The highest BCUT2D eigenvalue weighted by atomic mass is 35.5. The van der Waals surface area contributed by atoms with Gasteiger partial charge in [0.05, 0.1) is 11.6 Å². The molecule has 0 unspecified atom stereocenters. The molecule has 0 aromatic heterocycles. The average molecular weight is 285 g/mol. The molecule has 0 fully saturated rings. The summed E-state index contributed by atoms with van der Waals surface area (Å²) >= 11 is 5.64. The van der Waals surface area contributed by atoms with Crippen molar-refractivity contribution in [2.45, 2.75) is 19.4 Å². The first-order valence-electron chi connectivity index (χ1n) is 5.52. The van der Waals surface area contributed by atoms with Crippen molar-refractivity contribution in [1.29, 1.82) is 0 Å². The normalized spacial score (nSPS) is 15.4. The van der Waals surface area contributed by atoms with Crippen LogP contribution in [0.25, 0.3) is 0 Å². The first-order chi connectivity index (χ1) is 8.97. The molecule has 1 aromatic carbocycles. The number of carboxylic acids is 1. The molecule has 5 nitrogen and oxygen atoms in total. The summed E-state index contributed by atoms with van der Waals surface area (Å²) in [7, 11) is 0. The van der Waals surface area contributed by atoms with Gasteiger partial charge in [0.1, 0.15) is 11.5 Å². The lowest BCUT2D eigenvalue weighted by molar-refractivity contribution is -0.133. The van der Waals surface area contributed by atoms with Gasteiger partial charge in [-0.3, -0.25) is 4.79 Å². The van der Waals surface area contributed by atoms with Gasteiger partial charge < -0.3 is 5.11 Å². The van der Waals surface area contributed by atoms with Crippen molar-refractivity contribution in [1.82, 2.24) is 5.01 Å². The van der Waals surface area contributed by atoms with E-state index in [0.717, 1.165) is 5.01 Å². The highest BCUT2D eigenvalue weighted by Crippen LogP contribution is 2.19. The van der Waals surface area contributed by atoms with Crippen molar-refractivity contribution in [3.63, 3.8) is 0 Å². The largest absolute Gasteiger partial charge is 0.477 e. The number of hydrazone groups is 1. The van der Waals surface area contributed by atoms with Gasteiger partial charge in [0.25, 0.3) is 0 Å². The smallest absolute Gasteiger partial charge is 0.352 e. The van der Waals surface area contributed by atoms with E-state index in [9.17, 15) is 14.0 Å². The Balaban J connectivity index is 2.20. The molecule has 1 heterocycles. The lowest BCUT2D eigenvalue weighted by Crippen LogP contribution is -2.33. The van der Waals surface area contributed by atoms with Crippen molar-refractivity contribution in [3.8, 4) is 0 Å². The number of hydrogen-bond acceptors (Lipinski definition) is 3. The van der Waals surface area contributed by atoms with Crippen LogP contribution in [0.4, 0.5) is 4.39 Å². The Morgan fingerprint density at radius 2 is 2.21 bits per heavy atom. The zero-order valence-electron chi connectivity index (χ0n) is 9.77. The van der Waals surface area contributed by atoms with E-state index in [0.29, 0.717) is 5.56 Å². The molecular formula is C12H10ClFN2O3. The molecule has 2 rings (SSSR count). The maximum absolute atomic E-state index is 13.0. The van der Waals surface area contributed by atoms with Crippen LogP contribution in [0, 0.1) is 5.82 Å². The average Bonchev–Trinajstić information content (AvgIpc) is 2.36. The van der Waals surface area contributed by atoms with Crippen molar-refractivity contribution in [2.75, 3.05) is 0 Å². The van der Waals surface area contributed by atoms with Crippen molar-refractivity contribution in [2.24, 2.45) is 5.10 Å². The molecule has 0 radical (unpaired) electrons. The second-order valence-electron chi connectivity index (χ2n) is 4.05. The third-order valence-corrected chi connectivity index (χ3v) is 2.96. The second-order valence-corrected chi connectivity index (χ2v) is 4.46. The quantitative estimate of drug-likeness (QED) is 0.923. The zero-order chi connectivity index (χ0) is 14.0. The molecule has 0 atom stereocenters. The number of carbonyl (C=O) groups excluding carboxylic acids is 1. The topological polar surface area (TPSA) is 70.0 Å². The van der Waals surface area contributed by atoms with Crippen LogP contribution in [0.2, 0.25) is 5.02 Å². The van der Waals surface area contributed by atoms with Crippen LogP contribution in [-0.2, 0) is 16.1 Å². The molecule has 1 N–H and O–H groups in total. The number of aliphatic carboxylic acids is 1. The molecule has 0 saturated heterocycles. The fourth-order valence-corrected chi connectivity index (χ4v) is 1.89. The van der Waals surface area contributed by atoms with Crippen LogP contribution in [0.15, 0.2) is 23.3 Å². The second kappa shape index (κ2) is 5.36. The number of carbonyl (C=O) groups is 2. The molecule has 0 bridgehead atoms. The third kappa shape index (κ3) is 3.08. The lowest BCUT2D eigenvalue weighted by Gasteiger charge is -2.22. The van der Waals surface area contributed by atoms with Gasteiger partial charge in [-0.05, 0) is 17.7 Å². The van der Waals surface area contributed by atoms with E-state index in [1.807, 2.05) is 0 Å². The number of halogens is 2. The predicted molar refractivity (Wildman–Crippen MR) is 66.3 cm³/mol. The summed E-state index contributed by atoms with van der Waals surface area (Å²) < 4.78 is 13.0. The maximum Gasteiger partial charge on any atom is 0.352 e. The highest BCUT2D eigenvalue weighted by molar-refractivity contribution is 6.36. The van der Waals surface area contributed by atoms with E-state index in [4.69, 9.17) is 16.7 Å². The van der Waals surface area contributed by atoms with Gasteiger partial charge in [-0.25, -0.2) is 14.2 Å². The minimum Gasteiger partial charge on any atom is -0.477 e. The van der Waals surface area contributed by atoms with Crippen molar-refractivity contribution < 1.29 is 19.1 Å². The standard InChI is InChI=1S/C12H10ClFN2O3/c13-8-5-7(1-2-9(8)14)6-16-11(17)4-3-10(15-16)12(18)19/h1-2,5H,3-4,6H2,(H,18,19). The molecule has 1 aliphatic heterocycles. The number of hydrogen-bond donors (Lipinski definition) is 1. The van der Waals surface area contributed by atoms with E-state index < -0.39 is 11.8 Å². The van der Waals surface area contributed by atoms with E-state index >= 15 is 0 Å². The van der Waals surface area contributed by atoms with E-state index in [1.54, 1.807) is 0 Å². The van der Waals surface area contributed by atoms with Crippen LogP contribution >= 0.6 is 11.6 Å². The molecule has 19 heavy (non-hydrogen) atoms. The molecule has 7 heteroatoms. The maximum atomic E-state index is 13.0. The SMILES string of the molecule is O=C(O)C1=NN(Cc2ccc(F)c(Cl)c2)C(=O)CC1. The van der Waals surface area contributed by atoms with E-state index in [2.05, 4.69) is 5.10 Å². The van der Waals surface area contributed by atoms with Crippen LogP contribution < -0.4 is 0 Å². The summed E-state index contributed by atoms with van der Waals surface area (Å²) in [4.78, 5) is 22.5. The first kappa shape index (κ1) is 13.5. The van der Waals surface area contributed by atoms with Gasteiger partial charge in [0, 0.05) is 12.8 Å². The molecule has 1 aliphatic rings. The Morgan fingerprint density at radius 3 is 2.84 bits per heavy atom. The van der Waals surface area contributed by atoms with Gasteiger partial charge in [0.15, 0.2) is 0 Å². The molecule has 0 saturated carbocycles. The molecule has 0 spiro atoms. The van der Waals surface area contributed by atoms with Crippen LogP contribution in [0.3, 0.4) is 0 Å². The van der Waals surface area contributed by atoms with Gasteiger partial charge in [-0.1, -0.05) is 17.7 Å². The van der Waals surface area contributed by atoms with Crippen LogP contribution in [0.1, 0.15) is 18.4 Å².